The minimum atomic E-state index is -2.23. The van der Waals surface area contributed by atoms with E-state index in [9.17, 15) is 9.59 Å². The molecule has 1 aromatic carbocycles. The fourth-order valence-electron chi connectivity index (χ4n) is 6.58. The molecule has 2 bridgehead atoms. The molecule has 4 aromatic heterocycles. The second-order valence-electron chi connectivity index (χ2n) is 12.3. The third-order valence-electron chi connectivity index (χ3n) is 9.17. The van der Waals surface area contributed by atoms with E-state index < -0.39 is 23.6 Å². The maximum atomic E-state index is 16.5. The van der Waals surface area contributed by atoms with Crippen LogP contribution >= 0.6 is 0 Å². The number of ether oxygens (including phenoxy) is 2. The molecule has 5 aromatic rings. The molecule has 0 saturated heterocycles. The largest absolute Gasteiger partial charge is 0.494 e. The highest BCUT2D eigenvalue weighted by molar-refractivity contribution is 5.97. The van der Waals surface area contributed by atoms with Crippen molar-refractivity contribution in [2.45, 2.75) is 76.2 Å². The van der Waals surface area contributed by atoms with E-state index in [2.05, 4.69) is 25.5 Å². The number of nitrogens with zero attached hydrogens (tertiary/aromatic N) is 5. The average molecular weight is 625 g/mol. The lowest BCUT2D eigenvalue weighted by Gasteiger charge is -2.26. The van der Waals surface area contributed by atoms with Crippen LogP contribution in [-0.2, 0) is 21.7 Å². The monoisotopic (exact) mass is 624 g/mol. The number of benzene rings is 1. The van der Waals surface area contributed by atoms with Crippen molar-refractivity contribution in [1.82, 2.24) is 29.4 Å². The fourth-order valence-corrected chi connectivity index (χ4v) is 6.58. The molecule has 7 rings (SSSR count). The van der Waals surface area contributed by atoms with Crippen LogP contribution in [0.5, 0.6) is 5.75 Å². The van der Waals surface area contributed by atoms with E-state index in [-0.39, 0.29) is 18.2 Å². The van der Waals surface area contributed by atoms with Crippen molar-refractivity contribution < 1.29 is 23.5 Å². The molecule has 2 aliphatic rings. The van der Waals surface area contributed by atoms with Gasteiger partial charge in [0.15, 0.2) is 5.82 Å². The number of carbonyl (C=O) groups excluding carboxylic acids is 2. The lowest BCUT2D eigenvalue weighted by atomic mass is 9.92. The Balaban J connectivity index is 1.34. The van der Waals surface area contributed by atoms with Crippen molar-refractivity contribution in [1.29, 1.82) is 0 Å². The number of rotatable bonds is 5. The summed E-state index contributed by atoms with van der Waals surface area (Å²) in [5, 5.41) is 3.83. The number of hydrogen-bond acceptors (Lipinski definition) is 7. The minimum Gasteiger partial charge on any atom is -0.494 e. The first-order valence-electron chi connectivity index (χ1n) is 15.9. The zero-order valence-electron chi connectivity index (χ0n) is 26.3. The molecule has 0 unspecified atom stereocenters. The number of imidazole rings is 1. The highest BCUT2D eigenvalue weighted by Gasteiger charge is 2.42. The SMILES string of the molecule is COC(=O)c1cc(OC)c2c(c1)nc(-c1cc3ccc4nc3n1CCCCCC[C@@](F)(c1ccccn1)C(=O)N[C@@H]4C)n2C1CC1. The summed E-state index contributed by atoms with van der Waals surface area (Å²) in [5.41, 5.74) is 2.11. The summed E-state index contributed by atoms with van der Waals surface area (Å²) in [7, 11) is 2.96. The van der Waals surface area contributed by atoms with Crippen molar-refractivity contribution in [3.63, 3.8) is 0 Å². The van der Waals surface area contributed by atoms with E-state index in [1.807, 2.05) is 19.1 Å². The third kappa shape index (κ3) is 5.17. The molecular weight excluding hydrogens is 587 g/mol. The van der Waals surface area contributed by atoms with Gasteiger partial charge >= 0.3 is 5.97 Å². The van der Waals surface area contributed by atoms with Gasteiger partial charge in [-0.1, -0.05) is 18.9 Å². The van der Waals surface area contributed by atoms with Gasteiger partial charge in [0.1, 0.15) is 16.9 Å². The molecule has 1 saturated carbocycles. The minimum absolute atomic E-state index is 0.0514. The van der Waals surface area contributed by atoms with Crippen molar-refractivity contribution in [2.24, 2.45) is 0 Å². The van der Waals surface area contributed by atoms with Gasteiger partial charge in [-0.15, -0.1) is 0 Å². The Kier molecular flexibility index (Phi) is 7.70. The van der Waals surface area contributed by atoms with Crippen molar-refractivity contribution >= 4 is 33.9 Å². The molecule has 1 aliphatic heterocycles. The lowest BCUT2D eigenvalue weighted by molar-refractivity contribution is -0.135. The first-order chi connectivity index (χ1) is 22.3. The fraction of sp³-hybridized carbons (Fsp3) is 0.400. The molecule has 0 radical (unpaired) electrons. The molecule has 1 aliphatic carbocycles. The van der Waals surface area contributed by atoms with Gasteiger partial charge < -0.3 is 23.9 Å². The molecular formula is C35H37FN6O4. The molecule has 11 heteroatoms. The number of esters is 1. The van der Waals surface area contributed by atoms with E-state index in [1.165, 1.54) is 13.3 Å². The van der Waals surface area contributed by atoms with E-state index in [0.29, 0.717) is 35.5 Å². The maximum absolute atomic E-state index is 16.5. The number of hydrogen-bond donors (Lipinski definition) is 1. The number of nitrogens with one attached hydrogen (secondary N) is 1. The zero-order valence-corrected chi connectivity index (χ0v) is 26.3. The summed E-state index contributed by atoms with van der Waals surface area (Å²) >= 11 is 0. The van der Waals surface area contributed by atoms with E-state index in [1.54, 1.807) is 37.4 Å². The number of carbonyl (C=O) groups is 2. The van der Waals surface area contributed by atoms with Crippen LogP contribution in [-0.4, -0.2) is 50.2 Å². The standard InChI is InChI=1S/C35H37FN6O4/c1-21-25-14-11-22-19-27(32-40-26-18-23(33(43)46-3)20-28(45-2)30(26)42(32)24-12-13-24)41(31(22)39-25)17-9-5-4-7-15-35(36,34(44)38-21)29-10-6-8-16-37-29/h6,8,10-11,14,16,18-21,24H,4-5,7,9,12-13,15,17H2,1-3H3,(H,38,44)/t21-,35-/m1/s1. The Morgan fingerprint density at radius 2 is 1.87 bits per heavy atom. The van der Waals surface area contributed by atoms with Gasteiger partial charge in [0.25, 0.3) is 5.91 Å². The highest BCUT2D eigenvalue weighted by Crippen LogP contribution is 2.45. The predicted octanol–water partition coefficient (Wildman–Crippen LogP) is 6.58. The molecule has 0 spiro atoms. The van der Waals surface area contributed by atoms with Crippen LogP contribution in [0.2, 0.25) is 0 Å². The molecule has 5 heterocycles. The predicted molar refractivity (Wildman–Crippen MR) is 171 cm³/mol. The van der Waals surface area contributed by atoms with Crippen molar-refractivity contribution in [2.75, 3.05) is 14.2 Å². The first kappa shape index (κ1) is 29.9. The maximum Gasteiger partial charge on any atom is 0.338 e. The number of fused-ring (bicyclic) bond motifs is 2. The Morgan fingerprint density at radius 1 is 1.04 bits per heavy atom. The van der Waals surface area contributed by atoms with Crippen molar-refractivity contribution in [3.8, 4) is 17.3 Å². The molecule has 46 heavy (non-hydrogen) atoms. The van der Waals surface area contributed by atoms with E-state index in [0.717, 1.165) is 60.2 Å². The summed E-state index contributed by atoms with van der Waals surface area (Å²) in [5.74, 6) is 0.206. The van der Waals surface area contributed by atoms with Gasteiger partial charge in [-0.05, 0) is 81.5 Å². The topological polar surface area (TPSA) is 113 Å². The lowest BCUT2D eigenvalue weighted by Crippen LogP contribution is -2.43. The summed E-state index contributed by atoms with van der Waals surface area (Å²) < 4.78 is 31.7. The number of aromatic nitrogens is 5. The molecule has 2 atom stereocenters. The summed E-state index contributed by atoms with van der Waals surface area (Å²) in [6.45, 7) is 2.51. The van der Waals surface area contributed by atoms with Gasteiger partial charge in [-0.2, -0.15) is 0 Å². The number of alkyl halides is 1. The Labute approximate surface area is 265 Å². The summed E-state index contributed by atoms with van der Waals surface area (Å²) in [6, 6.07) is 14.2. The average Bonchev–Trinajstić information content (AvgIpc) is 3.75. The van der Waals surface area contributed by atoms with Gasteiger partial charge in [-0.3, -0.25) is 9.78 Å². The number of halogens is 1. The quantitative estimate of drug-likeness (QED) is 0.220. The number of methoxy groups -OCH3 is 2. The van der Waals surface area contributed by atoms with Crippen LogP contribution in [0.4, 0.5) is 4.39 Å². The van der Waals surface area contributed by atoms with Gasteiger partial charge in [-0.25, -0.2) is 19.2 Å². The highest BCUT2D eigenvalue weighted by atomic mass is 19.1. The Morgan fingerprint density at radius 3 is 2.61 bits per heavy atom. The van der Waals surface area contributed by atoms with E-state index in [4.69, 9.17) is 19.4 Å². The van der Waals surface area contributed by atoms with Crippen molar-refractivity contribution in [3.05, 3.63) is 71.7 Å². The normalized spacial score (nSPS) is 20.9. The van der Waals surface area contributed by atoms with Crippen LogP contribution in [0.25, 0.3) is 33.6 Å². The molecule has 1 N–H and O–H groups in total. The van der Waals surface area contributed by atoms with Crippen LogP contribution in [0.1, 0.15) is 85.7 Å². The summed E-state index contributed by atoms with van der Waals surface area (Å²) in [4.78, 5) is 40.3. The zero-order chi connectivity index (χ0) is 32.0. The van der Waals surface area contributed by atoms with Gasteiger partial charge in [0.2, 0.25) is 5.67 Å². The smallest absolute Gasteiger partial charge is 0.338 e. The Hall–Kier alpha value is -4.80. The van der Waals surface area contributed by atoms with Crippen LogP contribution < -0.4 is 10.1 Å². The number of aryl methyl sites for hydroxylation is 1. The second kappa shape index (κ2) is 11.9. The number of amides is 1. The van der Waals surface area contributed by atoms with Crippen LogP contribution in [0.3, 0.4) is 0 Å². The first-order valence-corrected chi connectivity index (χ1v) is 15.9. The second-order valence-corrected chi connectivity index (χ2v) is 12.3. The molecule has 1 amide bonds. The molecule has 10 nitrogen and oxygen atoms in total. The van der Waals surface area contributed by atoms with Gasteiger partial charge in [0, 0.05) is 24.2 Å². The molecule has 238 valence electrons. The van der Waals surface area contributed by atoms with Crippen LogP contribution in [0, 0.1) is 0 Å². The summed E-state index contributed by atoms with van der Waals surface area (Å²) in [6.07, 6.45) is 6.62. The van der Waals surface area contributed by atoms with Crippen LogP contribution in [0.15, 0.2) is 54.7 Å². The van der Waals surface area contributed by atoms with Gasteiger partial charge in [0.05, 0.1) is 48.4 Å². The van der Waals surface area contributed by atoms with E-state index >= 15 is 4.39 Å². The third-order valence-corrected chi connectivity index (χ3v) is 9.17. The molecule has 1 fully saturated rings. The Bertz CT molecular complexity index is 1950. The number of pyridine rings is 2.